The number of imide groups is 1. The van der Waals surface area contributed by atoms with Crippen LogP contribution in [0.4, 0.5) is 0 Å². The largest absolute Gasteiger partial charge is 0.454 e. The third kappa shape index (κ3) is 4.31. The molecule has 1 saturated carbocycles. The molecule has 1 aliphatic heterocycles. The summed E-state index contributed by atoms with van der Waals surface area (Å²) in [6.45, 7) is 0.971. The molecule has 2 fully saturated rings. The van der Waals surface area contributed by atoms with Gasteiger partial charge in [-0.05, 0) is 36.1 Å². The zero-order chi connectivity index (χ0) is 22.0. The van der Waals surface area contributed by atoms with Gasteiger partial charge in [-0.3, -0.25) is 24.1 Å². The summed E-state index contributed by atoms with van der Waals surface area (Å²) in [4.78, 5) is 50.4. The molecule has 7 nitrogen and oxygen atoms in total. The monoisotopic (exact) mass is 422 g/mol. The average molecular weight is 422 g/mol. The molecule has 7 heteroatoms. The Morgan fingerprint density at radius 3 is 2.39 bits per heavy atom. The number of hydrogen-bond acceptors (Lipinski definition) is 5. The van der Waals surface area contributed by atoms with Gasteiger partial charge in [-0.2, -0.15) is 0 Å². The van der Waals surface area contributed by atoms with Gasteiger partial charge in [0, 0.05) is 0 Å². The number of carbonyl (C=O) groups excluding carboxylic acids is 4. The maximum atomic E-state index is 12.5. The highest BCUT2D eigenvalue weighted by molar-refractivity contribution is 6.07. The smallest absolute Gasteiger partial charge is 0.326 e. The predicted molar refractivity (Wildman–Crippen MR) is 114 cm³/mol. The topological polar surface area (TPSA) is 92.8 Å². The molecule has 1 aliphatic carbocycles. The lowest BCUT2D eigenvalue weighted by atomic mass is 9.81. The summed E-state index contributed by atoms with van der Waals surface area (Å²) >= 11 is 0. The number of nitrogens with one attached hydrogen (secondary N) is 1. The van der Waals surface area contributed by atoms with Crippen LogP contribution in [0.25, 0.3) is 10.8 Å². The van der Waals surface area contributed by atoms with E-state index in [9.17, 15) is 19.2 Å². The standard InChI is InChI=1S/C24H26N2O5/c1-15(17-12-6-8-16-7-2-3-9-18(16)17)25-21(27)14-31-22(28)13-26-23(29)19-10-4-5-11-20(19)24(26)30/h2-3,6-9,12,15,19-20H,4-5,10-11,13-14H2,1H3,(H,25,27)/t15-,19-,20+/m1/s1. The SMILES string of the molecule is C[C@@H](NC(=O)COC(=O)CN1C(=O)[C@H]2CCCC[C@H]2C1=O)c1cccc2ccccc12. The van der Waals surface area contributed by atoms with Crippen LogP contribution in [0, 0.1) is 11.8 Å². The van der Waals surface area contributed by atoms with E-state index in [-0.39, 0.29) is 29.7 Å². The van der Waals surface area contributed by atoms with Gasteiger partial charge in [-0.1, -0.05) is 55.3 Å². The lowest BCUT2D eigenvalue weighted by Gasteiger charge is -2.19. The molecule has 162 valence electrons. The molecule has 0 aromatic heterocycles. The minimum absolute atomic E-state index is 0.276. The number of benzene rings is 2. The van der Waals surface area contributed by atoms with E-state index >= 15 is 0 Å². The molecule has 31 heavy (non-hydrogen) atoms. The summed E-state index contributed by atoms with van der Waals surface area (Å²) in [6, 6.07) is 13.5. The number of rotatable bonds is 6. The van der Waals surface area contributed by atoms with Gasteiger partial charge >= 0.3 is 5.97 Å². The summed E-state index contributed by atoms with van der Waals surface area (Å²) in [5.41, 5.74) is 0.966. The quantitative estimate of drug-likeness (QED) is 0.571. The molecule has 1 saturated heterocycles. The van der Waals surface area contributed by atoms with Gasteiger partial charge in [0.1, 0.15) is 6.54 Å². The summed E-state index contributed by atoms with van der Waals surface area (Å²) in [6.07, 6.45) is 3.23. The van der Waals surface area contributed by atoms with Crippen molar-refractivity contribution >= 4 is 34.5 Å². The first-order chi connectivity index (χ1) is 15.0. The number of amides is 3. The Hall–Kier alpha value is -3.22. The van der Waals surface area contributed by atoms with E-state index in [0.29, 0.717) is 12.8 Å². The van der Waals surface area contributed by atoms with E-state index in [4.69, 9.17) is 4.74 Å². The molecule has 0 bridgehead atoms. The number of hydrogen-bond donors (Lipinski definition) is 1. The molecule has 0 spiro atoms. The van der Waals surface area contributed by atoms with Crippen molar-refractivity contribution in [3.05, 3.63) is 48.0 Å². The molecule has 0 unspecified atom stereocenters. The van der Waals surface area contributed by atoms with Crippen molar-refractivity contribution in [2.45, 2.75) is 38.6 Å². The zero-order valence-electron chi connectivity index (χ0n) is 17.5. The Labute approximate surface area is 180 Å². The molecule has 0 radical (unpaired) electrons. The number of ether oxygens (including phenoxy) is 1. The van der Waals surface area contributed by atoms with Crippen LogP contribution in [-0.2, 0) is 23.9 Å². The predicted octanol–water partition coefficient (Wildman–Crippen LogP) is 2.74. The fourth-order valence-corrected chi connectivity index (χ4v) is 4.70. The molecule has 3 atom stereocenters. The number of nitrogens with zero attached hydrogens (tertiary/aromatic N) is 1. The number of fused-ring (bicyclic) bond motifs is 2. The second kappa shape index (κ2) is 8.88. The normalized spacial score (nSPS) is 21.6. The van der Waals surface area contributed by atoms with Crippen LogP contribution in [0.3, 0.4) is 0 Å². The maximum absolute atomic E-state index is 12.5. The van der Waals surface area contributed by atoms with E-state index in [1.807, 2.05) is 49.4 Å². The van der Waals surface area contributed by atoms with Crippen molar-refractivity contribution in [1.29, 1.82) is 0 Å². The summed E-state index contributed by atoms with van der Waals surface area (Å²) in [7, 11) is 0. The average Bonchev–Trinajstić information content (AvgIpc) is 3.02. The lowest BCUT2D eigenvalue weighted by molar-refractivity contribution is -0.155. The first-order valence-electron chi connectivity index (χ1n) is 10.7. The van der Waals surface area contributed by atoms with Gasteiger partial charge in [0.15, 0.2) is 6.61 Å². The molecule has 2 aromatic carbocycles. The molecule has 4 rings (SSSR count). The van der Waals surface area contributed by atoms with Crippen LogP contribution in [0.2, 0.25) is 0 Å². The van der Waals surface area contributed by atoms with E-state index in [1.54, 1.807) is 0 Å². The second-order valence-electron chi connectivity index (χ2n) is 8.28. The fraction of sp³-hybridized carbons (Fsp3) is 0.417. The van der Waals surface area contributed by atoms with Crippen molar-refractivity contribution in [2.24, 2.45) is 11.8 Å². The minimum Gasteiger partial charge on any atom is -0.454 e. The number of carbonyl (C=O) groups is 4. The summed E-state index contributed by atoms with van der Waals surface area (Å²) < 4.78 is 5.04. The van der Waals surface area contributed by atoms with Gasteiger partial charge in [0.25, 0.3) is 5.91 Å². The molecule has 2 aliphatic rings. The van der Waals surface area contributed by atoms with Crippen molar-refractivity contribution in [2.75, 3.05) is 13.2 Å². The Morgan fingerprint density at radius 1 is 1.03 bits per heavy atom. The lowest BCUT2D eigenvalue weighted by Crippen LogP contribution is -2.38. The van der Waals surface area contributed by atoms with Crippen molar-refractivity contribution in [3.63, 3.8) is 0 Å². The Kier molecular flexibility index (Phi) is 6.02. The fourth-order valence-electron chi connectivity index (χ4n) is 4.70. The van der Waals surface area contributed by atoms with Gasteiger partial charge in [-0.25, -0.2) is 0 Å². The van der Waals surface area contributed by atoms with Gasteiger partial charge in [0.2, 0.25) is 11.8 Å². The van der Waals surface area contributed by atoms with Crippen LogP contribution in [0.1, 0.15) is 44.2 Å². The highest BCUT2D eigenvalue weighted by Gasteiger charge is 2.48. The maximum Gasteiger partial charge on any atom is 0.326 e. The Morgan fingerprint density at radius 2 is 1.68 bits per heavy atom. The van der Waals surface area contributed by atoms with Gasteiger partial charge < -0.3 is 10.1 Å². The molecule has 1 heterocycles. The summed E-state index contributed by atoms with van der Waals surface area (Å²) in [5, 5.41) is 4.95. The van der Waals surface area contributed by atoms with Crippen LogP contribution >= 0.6 is 0 Å². The third-order valence-corrected chi connectivity index (χ3v) is 6.25. The zero-order valence-corrected chi connectivity index (χ0v) is 17.5. The van der Waals surface area contributed by atoms with E-state index < -0.39 is 25.0 Å². The molecule has 3 amide bonds. The third-order valence-electron chi connectivity index (χ3n) is 6.25. The molecular formula is C24H26N2O5. The van der Waals surface area contributed by atoms with Gasteiger partial charge in [0.05, 0.1) is 17.9 Å². The Bertz CT molecular complexity index is 1000. The first-order valence-corrected chi connectivity index (χ1v) is 10.7. The molecule has 2 aromatic rings. The first kappa shape index (κ1) is 21.0. The van der Waals surface area contributed by atoms with Crippen molar-refractivity contribution < 1.29 is 23.9 Å². The highest BCUT2D eigenvalue weighted by atomic mass is 16.5. The highest BCUT2D eigenvalue weighted by Crippen LogP contribution is 2.37. The number of esters is 1. The number of likely N-dealkylation sites (tertiary alicyclic amines) is 1. The minimum atomic E-state index is -0.756. The van der Waals surface area contributed by atoms with Gasteiger partial charge in [-0.15, -0.1) is 0 Å². The van der Waals surface area contributed by atoms with Crippen LogP contribution < -0.4 is 5.32 Å². The molecule has 1 N–H and O–H groups in total. The second-order valence-corrected chi connectivity index (χ2v) is 8.28. The van der Waals surface area contributed by atoms with Crippen LogP contribution in [-0.4, -0.2) is 41.7 Å². The Balaban J connectivity index is 1.30. The van der Waals surface area contributed by atoms with Crippen molar-refractivity contribution in [1.82, 2.24) is 10.2 Å². The van der Waals surface area contributed by atoms with Crippen molar-refractivity contribution in [3.8, 4) is 0 Å². The molecular weight excluding hydrogens is 396 g/mol. The van der Waals surface area contributed by atoms with E-state index in [1.165, 1.54) is 0 Å². The van der Waals surface area contributed by atoms with E-state index in [2.05, 4.69) is 5.32 Å². The summed E-state index contributed by atoms with van der Waals surface area (Å²) in [5.74, 6) is -2.39. The van der Waals surface area contributed by atoms with E-state index in [0.717, 1.165) is 34.1 Å². The van der Waals surface area contributed by atoms with Crippen LogP contribution in [0.15, 0.2) is 42.5 Å². The van der Waals surface area contributed by atoms with Crippen LogP contribution in [0.5, 0.6) is 0 Å².